The molecule has 0 aliphatic carbocycles. The minimum absolute atomic E-state index is 0. The molecule has 0 amide bonds. The van der Waals surface area contributed by atoms with Crippen LogP contribution < -0.4 is 68.9 Å². The van der Waals surface area contributed by atoms with Crippen molar-refractivity contribution in [1.29, 1.82) is 0 Å². The quantitative estimate of drug-likeness (QED) is 0.0497. The molecule has 1 N–H and O–H groups in total. The van der Waals surface area contributed by atoms with Crippen LogP contribution in [0.5, 0.6) is 0 Å². The molecule has 2 unspecified atom stereocenters. The number of hydrogen-bond acceptors (Lipinski definition) is 7. The summed E-state index contributed by atoms with van der Waals surface area (Å²) in [5, 5.41) is 10.1. The predicted molar refractivity (Wildman–Crippen MR) is 123 cm³/mol. The molecule has 0 saturated carbocycles. The molecule has 0 bridgehead atoms. The van der Waals surface area contributed by atoms with Gasteiger partial charge in [0, 0.05) is 18.4 Å². The Labute approximate surface area is 354 Å². The van der Waals surface area contributed by atoms with E-state index < -0.39 is 135 Å². The summed E-state index contributed by atoms with van der Waals surface area (Å²) in [7, 11) is -7.67. The molecule has 0 spiro atoms. The van der Waals surface area contributed by atoms with Gasteiger partial charge in [-0.05, 0) is 19.8 Å². The number of esters is 1. The molecule has 0 fully saturated rings. The summed E-state index contributed by atoms with van der Waals surface area (Å²) in [5.41, 5.74) is -9.66. The van der Waals surface area contributed by atoms with Crippen molar-refractivity contribution in [3.05, 3.63) is 12.2 Å². The first-order valence-electron chi connectivity index (χ1n) is 13.5. The Hall–Kier alpha value is -0.540. The topological polar surface area (TPSA) is 119 Å². The molecule has 59 heavy (non-hydrogen) atoms. The molecule has 2 atom stereocenters. The fraction of sp³-hybridized carbons (Fsp3) is 0.870. The van der Waals surface area contributed by atoms with Gasteiger partial charge < -0.3 is 28.7 Å². The zero-order valence-electron chi connectivity index (χ0n) is 28.5. The van der Waals surface area contributed by atoms with Crippen molar-refractivity contribution in [2.75, 3.05) is 6.61 Å². The number of carbonyl (C=O) groups is 1. The Morgan fingerprint density at radius 2 is 0.932 bits per heavy atom. The van der Waals surface area contributed by atoms with E-state index in [0.717, 1.165) is 0 Å². The fourth-order valence-electron chi connectivity index (χ4n) is 3.86. The first-order valence-corrected chi connectivity index (χ1v) is 15.0. The van der Waals surface area contributed by atoms with Crippen molar-refractivity contribution in [1.82, 2.24) is 0 Å². The largest absolute Gasteiger partial charge is 1.00 e. The number of rotatable bonds is 20. The normalized spacial score (nSPS) is 16.7. The Bertz CT molecular complexity index is 1510. The Kier molecular flexibility index (Phi) is 19.7. The van der Waals surface area contributed by atoms with Crippen molar-refractivity contribution in [3.63, 3.8) is 0 Å². The zero-order chi connectivity index (χ0) is 46.7. The van der Waals surface area contributed by atoms with Crippen molar-refractivity contribution >= 4 is 13.8 Å². The van der Waals surface area contributed by atoms with Gasteiger partial charge in [-0.2, -0.15) is 114 Å². The van der Waals surface area contributed by atoms with Gasteiger partial charge in [-0.3, -0.25) is 0 Å². The molecular formula is C23H17F26Na2O7P. The third-order valence-electron chi connectivity index (χ3n) is 7.12. The monoisotopic (exact) mass is 976 g/mol. The SMILES string of the molecule is C=C(C)C(=O)OC(C(F)(F)C(F)(F)C(F)(F)C(F)(F)C(F)(F)CCCCC(F)(F)F)C(O)(COP(=O)([O-])[O-])C(F)(F)C(F)(F)C(F)(F)C(F)(F)C(F)(F)C(F)(F)F.[Na+].[Na+]. The number of unbranched alkanes of at least 4 members (excludes halogenated alkanes) is 1. The van der Waals surface area contributed by atoms with Gasteiger partial charge in [-0.1, -0.05) is 6.58 Å². The average molecular weight is 976 g/mol. The Balaban J connectivity index is -0.0000157. The summed E-state index contributed by atoms with van der Waals surface area (Å²) >= 11 is 0. The molecule has 0 rings (SSSR count). The van der Waals surface area contributed by atoms with Crippen LogP contribution in [0.15, 0.2) is 12.2 Å². The minimum Gasteiger partial charge on any atom is -0.790 e. The summed E-state index contributed by atoms with van der Waals surface area (Å²) < 4.78 is 380. The van der Waals surface area contributed by atoms with Crippen molar-refractivity contribution in [3.8, 4) is 0 Å². The standard InChI is InChI=1S/C23H19F26O7P.2Na/c1-8(2)9(50)56-10(14(29,30)17(35,36)19(39,40)16(33,34)12(24,25)5-3-4-6-13(26,27)28)11(51,7-55-57(52,53)54)15(31,32)18(37,38)20(41,42)21(43,44)22(45,46)23(47,48)49;;/h10,51H,1,3-7H2,2H3,(H2,52,53,54);;/q;2*+1/p-2. The van der Waals surface area contributed by atoms with E-state index in [1.807, 2.05) is 0 Å². The number of halogens is 26. The maximum atomic E-state index is 15.4. The smallest absolute Gasteiger partial charge is 0.790 e. The molecule has 0 aromatic rings. The number of alkyl halides is 26. The fourth-order valence-corrected chi connectivity index (χ4v) is 4.21. The summed E-state index contributed by atoms with van der Waals surface area (Å²) in [6.45, 7) is -2.38. The molecule has 340 valence electrons. The molecule has 0 radical (unpaired) electrons. The predicted octanol–water partition coefficient (Wildman–Crippen LogP) is 2.10. The van der Waals surface area contributed by atoms with E-state index in [1.165, 1.54) is 0 Å². The molecule has 0 aliphatic heterocycles. The number of aliphatic hydroxyl groups is 1. The van der Waals surface area contributed by atoms with Crippen LogP contribution in [0, 0.1) is 0 Å². The second-order valence-corrected chi connectivity index (χ2v) is 12.6. The van der Waals surface area contributed by atoms with E-state index in [2.05, 4.69) is 15.8 Å². The van der Waals surface area contributed by atoms with Crippen LogP contribution in [0.3, 0.4) is 0 Å². The first-order chi connectivity index (χ1) is 24.4. The first kappa shape index (κ1) is 62.8. The van der Waals surface area contributed by atoms with Gasteiger partial charge in [0.1, 0.15) is 0 Å². The number of carbonyl (C=O) groups excluding carboxylic acids is 1. The molecule has 0 aliphatic rings. The van der Waals surface area contributed by atoms with E-state index in [0.29, 0.717) is 0 Å². The summed E-state index contributed by atoms with van der Waals surface area (Å²) in [6, 6.07) is 0. The van der Waals surface area contributed by atoms with Crippen LogP contribution in [-0.2, 0) is 18.6 Å². The summed E-state index contributed by atoms with van der Waals surface area (Å²) in [5.74, 6) is -90.6. The second-order valence-electron chi connectivity index (χ2n) is 11.5. The maximum absolute atomic E-state index is 15.4. The van der Waals surface area contributed by atoms with Crippen molar-refractivity contribution in [2.24, 2.45) is 0 Å². The maximum Gasteiger partial charge on any atom is 1.00 e. The van der Waals surface area contributed by atoms with E-state index in [9.17, 15) is 121 Å². The van der Waals surface area contributed by atoms with Crippen molar-refractivity contribution in [2.45, 2.75) is 116 Å². The van der Waals surface area contributed by atoms with Crippen LogP contribution in [0.4, 0.5) is 114 Å². The van der Waals surface area contributed by atoms with Crippen LogP contribution in [-0.4, -0.2) is 101 Å². The van der Waals surface area contributed by atoms with Gasteiger partial charge in [0.15, 0.2) is 0 Å². The van der Waals surface area contributed by atoms with Crippen LogP contribution in [0.2, 0.25) is 0 Å². The van der Waals surface area contributed by atoms with E-state index >= 15 is 17.6 Å². The van der Waals surface area contributed by atoms with Crippen LogP contribution in [0.1, 0.15) is 32.6 Å². The summed E-state index contributed by atoms with van der Waals surface area (Å²) in [6.07, 6.45) is -29.6. The van der Waals surface area contributed by atoms with Gasteiger partial charge >= 0.3 is 137 Å². The minimum atomic E-state index is -9.35. The molecule has 0 aromatic carbocycles. The van der Waals surface area contributed by atoms with Crippen LogP contribution >= 0.6 is 7.82 Å². The third-order valence-corrected chi connectivity index (χ3v) is 7.57. The van der Waals surface area contributed by atoms with Crippen molar-refractivity contribution < 1.29 is 207 Å². The number of hydrogen-bond donors (Lipinski definition) is 1. The molecule has 7 nitrogen and oxygen atoms in total. The van der Waals surface area contributed by atoms with Gasteiger partial charge in [-0.25, -0.2) is 4.79 Å². The molecule has 0 heterocycles. The van der Waals surface area contributed by atoms with Gasteiger partial charge in [0.2, 0.25) is 11.7 Å². The zero-order valence-corrected chi connectivity index (χ0v) is 33.4. The summed E-state index contributed by atoms with van der Waals surface area (Å²) in [4.78, 5) is 33.5. The Morgan fingerprint density at radius 3 is 1.27 bits per heavy atom. The number of ether oxygens (including phenoxy) is 1. The molecular weight excluding hydrogens is 959 g/mol. The molecule has 0 saturated heterocycles. The van der Waals surface area contributed by atoms with E-state index in [1.54, 1.807) is 0 Å². The van der Waals surface area contributed by atoms with Gasteiger partial charge in [-0.15, -0.1) is 0 Å². The van der Waals surface area contributed by atoms with E-state index in [-0.39, 0.29) is 66.0 Å². The second kappa shape index (κ2) is 18.5. The molecule has 36 heteroatoms. The van der Waals surface area contributed by atoms with Gasteiger partial charge in [0.25, 0.3) is 0 Å². The van der Waals surface area contributed by atoms with Gasteiger partial charge in [0.05, 0.1) is 14.4 Å². The number of phosphoric ester groups is 1. The molecule has 0 aromatic heterocycles. The van der Waals surface area contributed by atoms with E-state index in [4.69, 9.17) is 0 Å². The number of phosphoric acid groups is 1. The third kappa shape index (κ3) is 11.2. The average Bonchev–Trinajstić information content (AvgIpc) is 2.98. The Morgan fingerprint density at radius 1 is 0.593 bits per heavy atom. The van der Waals surface area contributed by atoms with Crippen LogP contribution in [0.25, 0.3) is 0 Å².